The van der Waals surface area contributed by atoms with E-state index < -0.39 is 0 Å². The van der Waals surface area contributed by atoms with Crippen molar-refractivity contribution in [2.75, 3.05) is 18.0 Å². The fourth-order valence-corrected chi connectivity index (χ4v) is 3.97. The van der Waals surface area contributed by atoms with Gasteiger partial charge in [-0.25, -0.2) is 4.99 Å². The lowest BCUT2D eigenvalue weighted by Gasteiger charge is -2.26. The standard InChI is InChI=1S/C21H28N4OS/c1-3-22-21(24-15-19-16(2)11-13-27-19)23-14-17-7-9-18(10-8-17)25-12-5-4-6-20(25)26/h7-11,13H,3-6,12,14-15H2,1-2H3,(H2,22,23,24). The van der Waals surface area contributed by atoms with Gasteiger partial charge in [0.05, 0.1) is 13.1 Å². The number of thiophene rings is 1. The number of piperidine rings is 1. The summed E-state index contributed by atoms with van der Waals surface area (Å²) in [6, 6.07) is 10.3. The molecule has 1 saturated heterocycles. The van der Waals surface area contributed by atoms with Crippen LogP contribution in [0.1, 0.15) is 42.2 Å². The number of benzene rings is 1. The van der Waals surface area contributed by atoms with Crippen LogP contribution in [0.25, 0.3) is 0 Å². The number of guanidine groups is 1. The summed E-state index contributed by atoms with van der Waals surface area (Å²) in [6.07, 6.45) is 2.75. The second-order valence-electron chi connectivity index (χ2n) is 6.74. The molecule has 2 aromatic rings. The number of carbonyl (C=O) groups is 1. The molecule has 5 nitrogen and oxygen atoms in total. The van der Waals surface area contributed by atoms with Gasteiger partial charge in [-0.15, -0.1) is 11.3 Å². The predicted molar refractivity (Wildman–Crippen MR) is 113 cm³/mol. The Morgan fingerprint density at radius 1 is 1.19 bits per heavy atom. The average molecular weight is 385 g/mol. The molecule has 0 bridgehead atoms. The van der Waals surface area contributed by atoms with E-state index in [1.54, 1.807) is 11.3 Å². The Bertz CT molecular complexity index is 782. The van der Waals surface area contributed by atoms with Crippen molar-refractivity contribution in [3.63, 3.8) is 0 Å². The van der Waals surface area contributed by atoms with Gasteiger partial charge in [-0.1, -0.05) is 12.1 Å². The molecule has 1 aliphatic heterocycles. The van der Waals surface area contributed by atoms with Gasteiger partial charge in [-0.2, -0.15) is 0 Å². The summed E-state index contributed by atoms with van der Waals surface area (Å²) < 4.78 is 0. The topological polar surface area (TPSA) is 56.7 Å². The maximum atomic E-state index is 12.0. The lowest BCUT2D eigenvalue weighted by Crippen LogP contribution is -2.36. The molecule has 1 aliphatic rings. The fourth-order valence-electron chi connectivity index (χ4n) is 3.12. The first-order valence-corrected chi connectivity index (χ1v) is 10.5. The molecule has 1 fully saturated rings. The van der Waals surface area contributed by atoms with Crippen molar-refractivity contribution < 1.29 is 4.79 Å². The third-order valence-corrected chi connectivity index (χ3v) is 5.74. The first kappa shape index (κ1) is 19.4. The highest BCUT2D eigenvalue weighted by molar-refractivity contribution is 7.10. The highest BCUT2D eigenvalue weighted by atomic mass is 32.1. The number of hydrogen-bond acceptors (Lipinski definition) is 3. The summed E-state index contributed by atoms with van der Waals surface area (Å²) in [5, 5.41) is 8.81. The molecule has 1 amide bonds. The van der Waals surface area contributed by atoms with E-state index in [1.807, 2.05) is 17.0 Å². The highest BCUT2D eigenvalue weighted by Crippen LogP contribution is 2.21. The van der Waals surface area contributed by atoms with Gasteiger partial charge in [-0.3, -0.25) is 4.79 Å². The van der Waals surface area contributed by atoms with E-state index in [1.165, 1.54) is 10.4 Å². The Hall–Kier alpha value is -2.34. The van der Waals surface area contributed by atoms with Crippen molar-refractivity contribution in [3.8, 4) is 0 Å². The van der Waals surface area contributed by atoms with Crippen molar-refractivity contribution in [3.05, 3.63) is 51.7 Å². The minimum atomic E-state index is 0.231. The number of amides is 1. The molecule has 0 aliphatic carbocycles. The Balaban J connectivity index is 1.60. The van der Waals surface area contributed by atoms with Gasteiger partial charge >= 0.3 is 0 Å². The normalized spacial score (nSPS) is 15.1. The van der Waals surface area contributed by atoms with Crippen LogP contribution in [0, 0.1) is 6.92 Å². The Morgan fingerprint density at radius 2 is 2.00 bits per heavy atom. The monoisotopic (exact) mass is 384 g/mol. The third kappa shape index (κ3) is 5.32. The molecule has 0 unspecified atom stereocenters. The lowest BCUT2D eigenvalue weighted by molar-refractivity contribution is -0.119. The van der Waals surface area contributed by atoms with Crippen molar-refractivity contribution in [2.24, 2.45) is 4.99 Å². The molecule has 2 heterocycles. The van der Waals surface area contributed by atoms with E-state index in [0.717, 1.165) is 49.7 Å². The van der Waals surface area contributed by atoms with Gasteiger partial charge in [-0.05, 0) is 61.4 Å². The van der Waals surface area contributed by atoms with Crippen LogP contribution in [0.2, 0.25) is 0 Å². The van der Waals surface area contributed by atoms with Crippen molar-refractivity contribution in [1.29, 1.82) is 0 Å². The quantitative estimate of drug-likeness (QED) is 0.588. The van der Waals surface area contributed by atoms with E-state index in [-0.39, 0.29) is 5.91 Å². The largest absolute Gasteiger partial charge is 0.357 e. The zero-order valence-electron chi connectivity index (χ0n) is 16.1. The van der Waals surface area contributed by atoms with Crippen LogP contribution < -0.4 is 15.5 Å². The van der Waals surface area contributed by atoms with Crippen LogP contribution in [0.4, 0.5) is 5.69 Å². The average Bonchev–Trinajstić information content (AvgIpc) is 3.10. The molecule has 1 aromatic heterocycles. The van der Waals surface area contributed by atoms with E-state index in [9.17, 15) is 4.79 Å². The van der Waals surface area contributed by atoms with Gasteiger partial charge < -0.3 is 15.5 Å². The number of aliphatic imine (C=N–C) groups is 1. The Morgan fingerprint density at radius 3 is 2.67 bits per heavy atom. The van der Waals surface area contributed by atoms with Gasteiger partial charge in [0.1, 0.15) is 0 Å². The van der Waals surface area contributed by atoms with Crippen LogP contribution in [-0.4, -0.2) is 25.0 Å². The highest BCUT2D eigenvalue weighted by Gasteiger charge is 2.19. The number of nitrogens with one attached hydrogen (secondary N) is 2. The second kappa shape index (κ2) is 9.55. The van der Waals surface area contributed by atoms with E-state index in [0.29, 0.717) is 13.0 Å². The summed E-state index contributed by atoms with van der Waals surface area (Å²) >= 11 is 1.76. The summed E-state index contributed by atoms with van der Waals surface area (Å²) in [5.41, 5.74) is 3.43. The summed E-state index contributed by atoms with van der Waals surface area (Å²) in [7, 11) is 0. The third-order valence-electron chi connectivity index (χ3n) is 4.72. The minimum absolute atomic E-state index is 0.231. The van der Waals surface area contributed by atoms with Crippen LogP contribution in [0.3, 0.4) is 0 Å². The molecular weight excluding hydrogens is 356 g/mol. The molecule has 3 rings (SSSR count). The zero-order valence-corrected chi connectivity index (χ0v) is 16.9. The minimum Gasteiger partial charge on any atom is -0.357 e. The number of rotatable bonds is 6. The number of carbonyl (C=O) groups excluding carboxylic acids is 1. The van der Waals surface area contributed by atoms with Gasteiger partial charge in [0.25, 0.3) is 0 Å². The summed E-state index contributed by atoms with van der Waals surface area (Å²) in [4.78, 5) is 20.0. The number of anilines is 1. The van der Waals surface area contributed by atoms with Crippen LogP contribution in [0.5, 0.6) is 0 Å². The van der Waals surface area contributed by atoms with Crippen molar-refractivity contribution >= 4 is 28.9 Å². The molecule has 6 heteroatoms. The van der Waals surface area contributed by atoms with Gasteiger partial charge in [0.2, 0.25) is 5.91 Å². The van der Waals surface area contributed by atoms with E-state index in [4.69, 9.17) is 0 Å². The molecule has 144 valence electrons. The molecule has 2 N–H and O–H groups in total. The van der Waals surface area contributed by atoms with Crippen LogP contribution >= 0.6 is 11.3 Å². The number of nitrogens with zero attached hydrogens (tertiary/aromatic N) is 2. The predicted octanol–water partition coefficient (Wildman–Crippen LogP) is 3.83. The lowest BCUT2D eigenvalue weighted by atomic mass is 10.1. The molecular formula is C21H28N4OS. The molecule has 0 saturated carbocycles. The van der Waals surface area contributed by atoms with Gasteiger partial charge in [0.15, 0.2) is 5.96 Å². The van der Waals surface area contributed by atoms with Crippen LogP contribution in [0.15, 0.2) is 40.7 Å². The smallest absolute Gasteiger partial charge is 0.226 e. The summed E-state index contributed by atoms with van der Waals surface area (Å²) in [6.45, 7) is 7.24. The molecule has 1 aromatic carbocycles. The van der Waals surface area contributed by atoms with Gasteiger partial charge in [0, 0.05) is 30.1 Å². The van der Waals surface area contributed by atoms with Crippen molar-refractivity contribution in [1.82, 2.24) is 10.6 Å². The Kier molecular flexibility index (Phi) is 6.87. The zero-order chi connectivity index (χ0) is 19.1. The SMILES string of the molecule is CCNC(=NCc1ccc(N2CCCCC2=O)cc1)NCc1sccc1C. The number of aryl methyl sites for hydroxylation is 1. The number of hydrogen-bond donors (Lipinski definition) is 2. The van der Waals surface area contributed by atoms with Crippen LogP contribution in [-0.2, 0) is 17.9 Å². The molecule has 0 spiro atoms. The second-order valence-corrected chi connectivity index (χ2v) is 7.75. The molecule has 27 heavy (non-hydrogen) atoms. The molecule has 0 atom stereocenters. The maximum Gasteiger partial charge on any atom is 0.226 e. The Labute approximate surface area is 165 Å². The molecule has 0 radical (unpaired) electrons. The maximum absolute atomic E-state index is 12.0. The van der Waals surface area contributed by atoms with E-state index in [2.05, 4.69) is 53.1 Å². The van der Waals surface area contributed by atoms with E-state index >= 15 is 0 Å². The van der Waals surface area contributed by atoms with Crippen molar-refractivity contribution in [2.45, 2.75) is 46.2 Å². The first-order valence-electron chi connectivity index (χ1n) is 9.62. The fraction of sp³-hybridized carbons (Fsp3) is 0.429. The first-order chi connectivity index (χ1) is 13.2. The summed E-state index contributed by atoms with van der Waals surface area (Å²) in [5.74, 6) is 1.05.